The van der Waals surface area contributed by atoms with Crippen molar-refractivity contribution in [2.24, 2.45) is 11.8 Å². The lowest BCUT2D eigenvalue weighted by Gasteiger charge is -2.17. The number of carboxylic acids is 1. The van der Waals surface area contributed by atoms with Gasteiger partial charge in [0.15, 0.2) is 5.78 Å². The number of carbonyl (C=O) groups excluding carboxylic acids is 2. The van der Waals surface area contributed by atoms with Crippen molar-refractivity contribution in [3.05, 3.63) is 12.2 Å². The molecule has 0 aromatic carbocycles. The summed E-state index contributed by atoms with van der Waals surface area (Å²) in [7, 11) is 0. The van der Waals surface area contributed by atoms with Gasteiger partial charge in [0.25, 0.3) is 0 Å². The van der Waals surface area contributed by atoms with E-state index in [0.29, 0.717) is 19.3 Å². The van der Waals surface area contributed by atoms with E-state index in [9.17, 15) is 19.5 Å². The molecule has 1 fully saturated rings. The Bertz CT molecular complexity index is 469. The van der Waals surface area contributed by atoms with E-state index in [0.717, 1.165) is 38.5 Å². The number of unbranched alkanes of at least 4 members (excludes halogenated alkanes) is 5. The van der Waals surface area contributed by atoms with Crippen molar-refractivity contribution < 1.29 is 24.6 Å². The molecule has 0 amide bonds. The molecule has 1 saturated carbocycles. The molecule has 0 saturated heterocycles. The highest BCUT2D eigenvalue weighted by Gasteiger charge is 2.39. The minimum atomic E-state index is -0.775. The number of carbonyl (C=O) groups is 3. The average Bonchev–Trinajstić information content (AvgIpc) is 2.82. The number of hydrogen-bond donors (Lipinski definition) is 2. The first kappa shape index (κ1) is 21.6. The van der Waals surface area contributed by atoms with Gasteiger partial charge in [-0.25, -0.2) is 0 Å². The molecule has 5 heteroatoms. The molecule has 0 aromatic heterocycles. The van der Waals surface area contributed by atoms with Gasteiger partial charge in [-0.15, -0.1) is 0 Å². The summed E-state index contributed by atoms with van der Waals surface area (Å²) in [5, 5.41) is 18.7. The van der Waals surface area contributed by atoms with Crippen molar-refractivity contribution in [2.75, 3.05) is 0 Å². The molecule has 0 aromatic rings. The molecular weight excluding hydrogens is 320 g/mol. The predicted octanol–water partition coefficient (Wildman–Crippen LogP) is 3.68. The largest absolute Gasteiger partial charge is 0.481 e. The lowest BCUT2D eigenvalue weighted by molar-refractivity contribution is -0.137. The van der Waals surface area contributed by atoms with Crippen LogP contribution in [0.25, 0.3) is 0 Å². The molecule has 3 atom stereocenters. The first-order chi connectivity index (χ1) is 12.0. The van der Waals surface area contributed by atoms with Gasteiger partial charge in [0, 0.05) is 31.1 Å². The Labute approximate surface area is 150 Å². The van der Waals surface area contributed by atoms with Crippen LogP contribution in [0.15, 0.2) is 12.2 Å². The van der Waals surface area contributed by atoms with Crippen molar-refractivity contribution in [1.29, 1.82) is 0 Å². The highest BCUT2D eigenvalue weighted by atomic mass is 16.4. The van der Waals surface area contributed by atoms with Gasteiger partial charge in [0.1, 0.15) is 5.78 Å². The molecule has 0 spiro atoms. The van der Waals surface area contributed by atoms with Gasteiger partial charge in [-0.3, -0.25) is 14.4 Å². The second kappa shape index (κ2) is 12.0. The number of Topliss-reactive ketones (excluding diaryl/α,β-unsaturated/α-hetero) is 1. The quantitative estimate of drug-likeness (QED) is 0.390. The van der Waals surface area contributed by atoms with Crippen LogP contribution < -0.4 is 0 Å². The van der Waals surface area contributed by atoms with Gasteiger partial charge in [-0.2, -0.15) is 0 Å². The number of allylic oxidation sites excluding steroid dienone is 1. The number of ketones is 2. The predicted molar refractivity (Wildman–Crippen MR) is 96.2 cm³/mol. The molecular formula is C20H32O5. The van der Waals surface area contributed by atoms with Crippen LogP contribution >= 0.6 is 0 Å². The van der Waals surface area contributed by atoms with E-state index in [1.165, 1.54) is 0 Å². The van der Waals surface area contributed by atoms with E-state index < -0.39 is 12.1 Å². The van der Waals surface area contributed by atoms with Crippen LogP contribution in [0.3, 0.4) is 0 Å². The van der Waals surface area contributed by atoms with Gasteiger partial charge in [-0.05, 0) is 25.3 Å². The Morgan fingerprint density at radius 1 is 1.08 bits per heavy atom. The van der Waals surface area contributed by atoms with Crippen molar-refractivity contribution in [2.45, 2.75) is 83.7 Å². The van der Waals surface area contributed by atoms with Crippen LogP contribution in [0, 0.1) is 11.8 Å². The lowest BCUT2D eigenvalue weighted by atomic mass is 9.88. The Kier molecular flexibility index (Phi) is 10.3. The van der Waals surface area contributed by atoms with Crippen LogP contribution in [0.4, 0.5) is 0 Å². The molecule has 1 aliphatic carbocycles. The fourth-order valence-corrected chi connectivity index (χ4v) is 3.44. The van der Waals surface area contributed by atoms with Crippen LogP contribution in [0.2, 0.25) is 0 Å². The second-order valence-electron chi connectivity index (χ2n) is 7.05. The number of hydrogen-bond acceptors (Lipinski definition) is 4. The number of carboxylic acid groups (broad SMARTS) is 1. The van der Waals surface area contributed by atoms with Crippen molar-refractivity contribution in [3.8, 4) is 0 Å². The highest BCUT2D eigenvalue weighted by molar-refractivity contribution is 5.90. The number of rotatable bonds is 13. The molecule has 1 aliphatic rings. The van der Waals surface area contributed by atoms with Crippen LogP contribution in [0.1, 0.15) is 77.6 Å². The van der Waals surface area contributed by atoms with E-state index in [1.807, 2.05) is 0 Å². The third kappa shape index (κ3) is 8.43. The summed E-state index contributed by atoms with van der Waals surface area (Å²) >= 11 is 0. The minimum absolute atomic E-state index is 0.0624. The van der Waals surface area contributed by atoms with Crippen molar-refractivity contribution >= 4 is 17.5 Å². The van der Waals surface area contributed by atoms with E-state index in [4.69, 9.17) is 5.11 Å². The Hall–Kier alpha value is -1.49. The Morgan fingerprint density at radius 3 is 2.44 bits per heavy atom. The minimum Gasteiger partial charge on any atom is -0.481 e. The maximum atomic E-state index is 12.1. The zero-order valence-corrected chi connectivity index (χ0v) is 15.3. The van der Waals surface area contributed by atoms with Crippen LogP contribution in [0.5, 0.6) is 0 Å². The van der Waals surface area contributed by atoms with Gasteiger partial charge in [0.05, 0.1) is 6.10 Å². The van der Waals surface area contributed by atoms with Crippen molar-refractivity contribution in [1.82, 2.24) is 0 Å². The van der Waals surface area contributed by atoms with Crippen LogP contribution in [-0.4, -0.2) is 33.9 Å². The molecule has 0 unspecified atom stereocenters. The Balaban J connectivity index is 2.40. The second-order valence-corrected chi connectivity index (χ2v) is 7.05. The summed E-state index contributed by atoms with van der Waals surface area (Å²) in [6.07, 6.45) is 10.4. The zero-order chi connectivity index (χ0) is 18.7. The summed E-state index contributed by atoms with van der Waals surface area (Å²) < 4.78 is 0. The van der Waals surface area contributed by atoms with E-state index in [2.05, 4.69) is 6.92 Å². The monoisotopic (exact) mass is 352 g/mol. The molecule has 142 valence electrons. The normalized spacial score (nSPS) is 23.4. The summed E-state index contributed by atoms with van der Waals surface area (Å²) in [5.74, 6) is -1.11. The van der Waals surface area contributed by atoms with E-state index in [1.54, 1.807) is 12.2 Å². The summed E-state index contributed by atoms with van der Waals surface area (Å²) in [6.45, 7) is 2.09. The third-order valence-electron chi connectivity index (χ3n) is 4.92. The number of aliphatic carboxylic acids is 1. The lowest BCUT2D eigenvalue weighted by Crippen LogP contribution is -2.19. The molecule has 5 nitrogen and oxygen atoms in total. The van der Waals surface area contributed by atoms with Gasteiger partial charge < -0.3 is 10.2 Å². The molecule has 2 N–H and O–H groups in total. The average molecular weight is 352 g/mol. The molecule has 0 radical (unpaired) electrons. The summed E-state index contributed by atoms with van der Waals surface area (Å²) in [5.41, 5.74) is 0. The smallest absolute Gasteiger partial charge is 0.303 e. The molecule has 0 heterocycles. The van der Waals surface area contributed by atoms with E-state index >= 15 is 0 Å². The highest BCUT2D eigenvalue weighted by Crippen LogP contribution is 2.34. The first-order valence-electron chi connectivity index (χ1n) is 9.59. The van der Waals surface area contributed by atoms with Crippen LogP contribution in [-0.2, 0) is 14.4 Å². The standard InChI is InChI=1S/C20H32O5/c1-2-3-6-9-15(21)12-13-17-16(18(22)14-19(17)23)10-7-4-5-8-11-20(24)25/h12-13,16-17,19,23H,2-11,14H2,1H3,(H,24,25)/b13-12+/t16-,17-,19-/m1/s1. The number of aliphatic hydroxyl groups excluding tert-OH is 1. The SMILES string of the molecule is CCCCCC(=O)/C=C/[C@H]1[C@H](O)CC(=O)[C@@H]1CCCCCCC(=O)O. The van der Waals surface area contributed by atoms with Gasteiger partial charge in [0.2, 0.25) is 0 Å². The number of aliphatic hydroxyl groups is 1. The summed E-state index contributed by atoms with van der Waals surface area (Å²) in [4.78, 5) is 34.4. The van der Waals surface area contributed by atoms with Crippen molar-refractivity contribution in [3.63, 3.8) is 0 Å². The molecule has 0 aliphatic heterocycles. The van der Waals surface area contributed by atoms with E-state index in [-0.39, 0.29) is 36.2 Å². The topological polar surface area (TPSA) is 91.7 Å². The molecule has 1 rings (SSSR count). The maximum Gasteiger partial charge on any atom is 0.303 e. The zero-order valence-electron chi connectivity index (χ0n) is 15.3. The van der Waals surface area contributed by atoms with Gasteiger partial charge >= 0.3 is 5.97 Å². The summed E-state index contributed by atoms with van der Waals surface area (Å²) in [6, 6.07) is 0. The molecule has 25 heavy (non-hydrogen) atoms. The third-order valence-corrected chi connectivity index (χ3v) is 4.92. The maximum absolute atomic E-state index is 12.1. The fraction of sp³-hybridized carbons (Fsp3) is 0.750. The van der Waals surface area contributed by atoms with Gasteiger partial charge in [-0.1, -0.05) is 45.1 Å². The first-order valence-corrected chi connectivity index (χ1v) is 9.59. The Morgan fingerprint density at radius 2 is 1.76 bits per heavy atom. The molecule has 0 bridgehead atoms. The fourth-order valence-electron chi connectivity index (χ4n) is 3.44.